The number of hydrogen-bond donors (Lipinski definition) is 1. The molecule has 0 atom stereocenters. The van der Waals surface area contributed by atoms with E-state index in [1.165, 1.54) is 0 Å². The van der Waals surface area contributed by atoms with Crippen LogP contribution in [0.1, 0.15) is 23.2 Å². The fourth-order valence-electron chi connectivity index (χ4n) is 2.74. The van der Waals surface area contributed by atoms with E-state index in [0.717, 1.165) is 42.4 Å². The van der Waals surface area contributed by atoms with Crippen molar-refractivity contribution in [2.45, 2.75) is 18.9 Å². The Hall–Kier alpha value is -1.85. The van der Waals surface area contributed by atoms with Gasteiger partial charge in [0, 0.05) is 35.6 Å². The van der Waals surface area contributed by atoms with Crippen molar-refractivity contribution in [3.8, 4) is 0 Å². The number of fused-ring (bicyclic) bond motifs is 1. The molecule has 6 heteroatoms. The van der Waals surface area contributed by atoms with Crippen LogP contribution < -0.4 is 10.6 Å². The van der Waals surface area contributed by atoms with Gasteiger partial charge < -0.3 is 10.6 Å². The quantitative estimate of drug-likeness (QED) is 0.946. The molecule has 21 heavy (non-hydrogen) atoms. The molecule has 110 valence electrons. The van der Waals surface area contributed by atoms with E-state index in [1.54, 1.807) is 12.3 Å². The Bertz CT molecular complexity index is 669. The van der Waals surface area contributed by atoms with Crippen LogP contribution in [0.3, 0.4) is 0 Å². The lowest BCUT2D eigenvalue weighted by Gasteiger charge is -2.32. The van der Waals surface area contributed by atoms with Crippen molar-refractivity contribution >= 4 is 34.2 Å². The Balaban J connectivity index is 1.98. The molecule has 0 unspecified atom stereocenters. The van der Waals surface area contributed by atoms with Gasteiger partial charge in [0.15, 0.2) is 0 Å². The third-order valence-electron chi connectivity index (χ3n) is 3.93. The lowest BCUT2D eigenvalue weighted by Crippen LogP contribution is -2.36. The van der Waals surface area contributed by atoms with E-state index in [0.29, 0.717) is 5.56 Å². The number of anilines is 1. The van der Waals surface area contributed by atoms with Crippen molar-refractivity contribution < 1.29 is 9.08 Å². The first-order chi connectivity index (χ1) is 10.2. The number of benzene rings is 1. The Kier molecular flexibility index (Phi) is 3.94. The van der Waals surface area contributed by atoms with Crippen LogP contribution in [0.5, 0.6) is 0 Å². The third kappa shape index (κ3) is 2.80. The summed E-state index contributed by atoms with van der Waals surface area (Å²) in [6.07, 6.45) is 5.46. The van der Waals surface area contributed by atoms with Crippen LogP contribution in [0.4, 0.5) is 5.69 Å². The summed E-state index contributed by atoms with van der Waals surface area (Å²) >= 11 is 5.44. The van der Waals surface area contributed by atoms with E-state index < -0.39 is 5.91 Å². The minimum Gasteiger partial charge on any atom is -0.370 e. The van der Waals surface area contributed by atoms with Crippen molar-refractivity contribution in [2.75, 3.05) is 18.0 Å². The summed E-state index contributed by atoms with van der Waals surface area (Å²) in [7, 11) is 0. The highest BCUT2D eigenvalue weighted by Crippen LogP contribution is 2.29. The van der Waals surface area contributed by atoms with Gasteiger partial charge in [0.25, 0.3) is 0 Å². The van der Waals surface area contributed by atoms with Gasteiger partial charge in [-0.1, -0.05) is 6.07 Å². The average Bonchev–Trinajstić information content (AvgIpc) is 2.54. The highest BCUT2D eigenvalue weighted by Gasteiger charge is 2.21. The van der Waals surface area contributed by atoms with E-state index in [2.05, 4.69) is 9.88 Å². The van der Waals surface area contributed by atoms with E-state index in [9.17, 15) is 4.79 Å². The molecule has 2 N–H and O–H groups in total. The standard InChI is InChI=1S/C15H16ClN3O2/c16-21-12-3-5-19(6-4-12)14-9-18-8-11-2-1-10(15(17)20)7-13(11)14/h1-2,7-9,12H,3-6H2,(H2,17,20). The summed E-state index contributed by atoms with van der Waals surface area (Å²) in [4.78, 5) is 17.9. The van der Waals surface area contributed by atoms with Crippen molar-refractivity contribution in [1.29, 1.82) is 0 Å². The maximum Gasteiger partial charge on any atom is 0.248 e. The lowest BCUT2D eigenvalue weighted by molar-refractivity contribution is 0.100. The second-order valence-electron chi connectivity index (χ2n) is 5.23. The van der Waals surface area contributed by atoms with Crippen LogP contribution in [0.25, 0.3) is 10.8 Å². The summed E-state index contributed by atoms with van der Waals surface area (Å²) in [6.45, 7) is 1.69. The highest BCUT2D eigenvalue weighted by atomic mass is 35.5. The molecule has 0 bridgehead atoms. The van der Waals surface area contributed by atoms with Gasteiger partial charge in [-0.25, -0.2) is 0 Å². The third-order valence-corrected chi connectivity index (χ3v) is 4.18. The zero-order valence-corrected chi connectivity index (χ0v) is 12.2. The SMILES string of the molecule is NC(=O)c1ccc2cncc(N3CCC(OCl)CC3)c2c1. The Morgan fingerprint density at radius 2 is 2.10 bits per heavy atom. The molecule has 1 aliphatic rings. The molecule has 0 spiro atoms. The van der Waals surface area contributed by atoms with Gasteiger partial charge in [-0.05, 0) is 25.0 Å². The van der Waals surface area contributed by atoms with Crippen molar-refractivity contribution in [2.24, 2.45) is 5.73 Å². The summed E-state index contributed by atoms with van der Waals surface area (Å²) < 4.78 is 4.88. The summed E-state index contributed by atoms with van der Waals surface area (Å²) in [5, 5.41) is 1.99. The number of rotatable bonds is 3. The van der Waals surface area contributed by atoms with Gasteiger partial charge in [-0.2, -0.15) is 0 Å². The molecule has 2 aromatic rings. The largest absolute Gasteiger partial charge is 0.370 e. The van der Waals surface area contributed by atoms with E-state index in [-0.39, 0.29) is 6.10 Å². The van der Waals surface area contributed by atoms with Crippen LogP contribution in [0, 0.1) is 0 Å². The number of carbonyl (C=O) groups is 1. The fraction of sp³-hybridized carbons (Fsp3) is 0.333. The molecule has 1 aromatic heterocycles. The highest BCUT2D eigenvalue weighted by molar-refractivity contribution is 6.07. The van der Waals surface area contributed by atoms with Gasteiger partial charge in [0.2, 0.25) is 5.91 Å². The van der Waals surface area contributed by atoms with Crippen molar-refractivity contribution in [3.63, 3.8) is 0 Å². The Morgan fingerprint density at radius 1 is 1.33 bits per heavy atom. The van der Waals surface area contributed by atoms with Crippen LogP contribution in [0.2, 0.25) is 0 Å². The lowest BCUT2D eigenvalue weighted by atomic mass is 10.0. The van der Waals surface area contributed by atoms with E-state index in [4.69, 9.17) is 21.9 Å². The molecule has 0 aliphatic carbocycles. The fourth-order valence-corrected chi connectivity index (χ4v) is 2.92. The predicted octanol–water partition coefficient (Wildman–Crippen LogP) is 2.47. The van der Waals surface area contributed by atoms with Gasteiger partial charge >= 0.3 is 0 Å². The number of piperidine rings is 1. The zero-order chi connectivity index (χ0) is 14.8. The average molecular weight is 306 g/mol. The number of hydrogen-bond acceptors (Lipinski definition) is 4. The molecule has 1 amide bonds. The number of primary amides is 1. The smallest absolute Gasteiger partial charge is 0.248 e. The predicted molar refractivity (Wildman–Crippen MR) is 82.4 cm³/mol. The molecule has 1 aliphatic heterocycles. The topological polar surface area (TPSA) is 68.5 Å². The molecule has 5 nitrogen and oxygen atoms in total. The normalized spacial score (nSPS) is 16.3. The van der Waals surface area contributed by atoms with Crippen LogP contribution in [-0.4, -0.2) is 30.1 Å². The molecule has 1 fully saturated rings. The summed E-state index contributed by atoms with van der Waals surface area (Å²) in [5.41, 5.74) is 6.90. The monoisotopic (exact) mass is 305 g/mol. The first-order valence-corrected chi connectivity index (χ1v) is 7.20. The number of pyridine rings is 1. The molecule has 0 radical (unpaired) electrons. The molecule has 1 saturated heterocycles. The molecule has 2 heterocycles. The second-order valence-corrected chi connectivity index (χ2v) is 5.41. The van der Waals surface area contributed by atoms with Gasteiger partial charge in [0.05, 0.1) is 29.9 Å². The van der Waals surface area contributed by atoms with E-state index in [1.807, 2.05) is 18.3 Å². The van der Waals surface area contributed by atoms with E-state index >= 15 is 0 Å². The van der Waals surface area contributed by atoms with Crippen LogP contribution in [-0.2, 0) is 4.29 Å². The maximum atomic E-state index is 11.4. The molecule has 1 aromatic carbocycles. The first kappa shape index (κ1) is 14.1. The molecular weight excluding hydrogens is 290 g/mol. The number of halogens is 1. The maximum absolute atomic E-state index is 11.4. The van der Waals surface area contributed by atoms with Gasteiger partial charge in [0.1, 0.15) is 0 Å². The van der Waals surface area contributed by atoms with Gasteiger partial charge in [-0.15, -0.1) is 0 Å². The number of amides is 1. The zero-order valence-electron chi connectivity index (χ0n) is 11.5. The Labute approximate surface area is 127 Å². The van der Waals surface area contributed by atoms with Crippen molar-refractivity contribution in [3.05, 3.63) is 36.2 Å². The molecular formula is C15H16ClN3O2. The number of nitrogens with zero attached hydrogens (tertiary/aromatic N) is 2. The molecule has 0 saturated carbocycles. The van der Waals surface area contributed by atoms with Crippen LogP contribution in [0.15, 0.2) is 30.6 Å². The summed E-state index contributed by atoms with van der Waals surface area (Å²) in [5.74, 6) is -0.422. The number of carbonyl (C=O) groups excluding carboxylic acids is 1. The van der Waals surface area contributed by atoms with Crippen LogP contribution >= 0.6 is 11.9 Å². The Morgan fingerprint density at radius 3 is 2.76 bits per heavy atom. The second kappa shape index (κ2) is 5.87. The van der Waals surface area contributed by atoms with Gasteiger partial charge in [-0.3, -0.25) is 14.1 Å². The summed E-state index contributed by atoms with van der Waals surface area (Å²) in [6, 6.07) is 5.43. The van der Waals surface area contributed by atoms with Crippen molar-refractivity contribution in [1.82, 2.24) is 4.98 Å². The number of aromatic nitrogens is 1. The molecule has 3 rings (SSSR count). The minimum atomic E-state index is -0.422. The minimum absolute atomic E-state index is 0.104. The first-order valence-electron chi connectivity index (χ1n) is 6.89. The number of nitrogens with two attached hydrogens (primary N) is 1.